The lowest BCUT2D eigenvalue weighted by molar-refractivity contribution is -0.136. The van der Waals surface area contributed by atoms with Gasteiger partial charge in [-0.25, -0.2) is 0 Å². The Morgan fingerprint density at radius 2 is 2.00 bits per heavy atom. The predicted octanol–water partition coefficient (Wildman–Crippen LogP) is 3.76. The smallest absolute Gasteiger partial charge is 0.303 e. The Bertz CT molecular complexity index is 655. The van der Waals surface area contributed by atoms with Crippen molar-refractivity contribution in [3.8, 4) is 5.75 Å². The molecule has 0 radical (unpaired) electrons. The van der Waals surface area contributed by atoms with Crippen LogP contribution in [-0.2, 0) is 17.6 Å². The van der Waals surface area contributed by atoms with Crippen molar-refractivity contribution >= 4 is 11.7 Å². The summed E-state index contributed by atoms with van der Waals surface area (Å²) in [4.78, 5) is 10.7. The number of para-hydroxylation sites is 1. The molecule has 0 heterocycles. The first kappa shape index (κ1) is 16.9. The number of carboxylic acid groups (broad SMARTS) is 1. The second-order valence-electron chi connectivity index (χ2n) is 5.66. The average molecular weight is 313 g/mol. The minimum Gasteiger partial charge on any atom is -0.496 e. The molecule has 4 nitrogen and oxygen atoms in total. The summed E-state index contributed by atoms with van der Waals surface area (Å²) in [6.45, 7) is 2.12. The molecule has 1 unspecified atom stereocenters. The Balaban J connectivity index is 1.98. The number of aryl methyl sites for hydroxylation is 1. The number of carbonyl (C=O) groups is 1. The van der Waals surface area contributed by atoms with Crippen LogP contribution in [0.5, 0.6) is 5.75 Å². The van der Waals surface area contributed by atoms with Crippen LogP contribution in [0.3, 0.4) is 0 Å². The van der Waals surface area contributed by atoms with Crippen LogP contribution in [0, 0.1) is 0 Å². The van der Waals surface area contributed by atoms with Gasteiger partial charge in [0.15, 0.2) is 0 Å². The Labute approximate surface area is 137 Å². The van der Waals surface area contributed by atoms with Crippen molar-refractivity contribution in [3.05, 3.63) is 59.7 Å². The zero-order valence-corrected chi connectivity index (χ0v) is 13.6. The lowest BCUT2D eigenvalue weighted by Gasteiger charge is -2.17. The molecule has 0 spiro atoms. The standard InChI is InChI=1S/C19H23NO3/c1-14(12-16-7-3-4-9-18(16)23-2)20-17-8-5-6-15(13-17)10-11-19(21)22/h3-9,13-14,20H,10-12H2,1-2H3,(H,21,22). The fourth-order valence-electron chi connectivity index (χ4n) is 2.60. The van der Waals surface area contributed by atoms with E-state index in [4.69, 9.17) is 9.84 Å². The van der Waals surface area contributed by atoms with Crippen LogP contribution in [0.2, 0.25) is 0 Å². The van der Waals surface area contributed by atoms with Gasteiger partial charge in [-0.05, 0) is 49.1 Å². The number of carboxylic acids is 1. The molecule has 0 aliphatic carbocycles. The Kier molecular flexibility index (Phi) is 6.03. The molecular formula is C19H23NO3. The van der Waals surface area contributed by atoms with E-state index in [1.165, 1.54) is 0 Å². The molecule has 2 aromatic rings. The van der Waals surface area contributed by atoms with E-state index >= 15 is 0 Å². The Hall–Kier alpha value is -2.49. The van der Waals surface area contributed by atoms with Crippen molar-refractivity contribution in [2.24, 2.45) is 0 Å². The third kappa shape index (κ3) is 5.33. The number of ether oxygens (including phenoxy) is 1. The molecule has 122 valence electrons. The molecule has 0 bridgehead atoms. The number of nitrogens with one attached hydrogen (secondary N) is 1. The molecule has 2 rings (SSSR count). The minimum atomic E-state index is -0.770. The van der Waals surface area contributed by atoms with Crippen LogP contribution < -0.4 is 10.1 Å². The van der Waals surface area contributed by atoms with Gasteiger partial charge in [0.1, 0.15) is 5.75 Å². The fourth-order valence-corrected chi connectivity index (χ4v) is 2.60. The quantitative estimate of drug-likeness (QED) is 0.779. The number of benzene rings is 2. The predicted molar refractivity (Wildman–Crippen MR) is 92.2 cm³/mol. The molecule has 0 saturated carbocycles. The van der Waals surface area contributed by atoms with E-state index in [9.17, 15) is 4.79 Å². The van der Waals surface area contributed by atoms with Crippen molar-refractivity contribution in [3.63, 3.8) is 0 Å². The highest BCUT2D eigenvalue weighted by atomic mass is 16.5. The van der Waals surface area contributed by atoms with Gasteiger partial charge in [-0.2, -0.15) is 0 Å². The molecule has 0 saturated heterocycles. The van der Waals surface area contributed by atoms with E-state index < -0.39 is 5.97 Å². The second-order valence-corrected chi connectivity index (χ2v) is 5.66. The molecule has 0 aliphatic heterocycles. The number of anilines is 1. The highest BCUT2D eigenvalue weighted by molar-refractivity contribution is 5.67. The zero-order valence-electron chi connectivity index (χ0n) is 13.6. The normalized spacial score (nSPS) is 11.7. The van der Waals surface area contributed by atoms with Gasteiger partial charge in [0.2, 0.25) is 0 Å². The summed E-state index contributed by atoms with van der Waals surface area (Å²) in [5.41, 5.74) is 3.20. The molecule has 2 aromatic carbocycles. The zero-order chi connectivity index (χ0) is 16.7. The van der Waals surface area contributed by atoms with Crippen LogP contribution in [0.15, 0.2) is 48.5 Å². The van der Waals surface area contributed by atoms with Crippen LogP contribution in [0.25, 0.3) is 0 Å². The number of methoxy groups -OCH3 is 1. The molecule has 0 fully saturated rings. The highest BCUT2D eigenvalue weighted by Crippen LogP contribution is 2.21. The summed E-state index contributed by atoms with van der Waals surface area (Å²) in [5, 5.41) is 12.2. The maximum atomic E-state index is 10.7. The molecule has 0 amide bonds. The van der Waals surface area contributed by atoms with Gasteiger partial charge in [-0.15, -0.1) is 0 Å². The van der Waals surface area contributed by atoms with Crippen molar-refractivity contribution in [1.29, 1.82) is 0 Å². The fraction of sp³-hybridized carbons (Fsp3) is 0.316. The molecular weight excluding hydrogens is 290 g/mol. The summed E-state index contributed by atoms with van der Waals surface area (Å²) >= 11 is 0. The molecule has 0 aliphatic rings. The van der Waals surface area contributed by atoms with E-state index in [1.54, 1.807) is 7.11 Å². The van der Waals surface area contributed by atoms with Crippen molar-refractivity contribution in [1.82, 2.24) is 0 Å². The van der Waals surface area contributed by atoms with E-state index in [2.05, 4.69) is 18.3 Å². The summed E-state index contributed by atoms with van der Waals surface area (Å²) < 4.78 is 5.39. The Morgan fingerprint density at radius 1 is 1.22 bits per heavy atom. The number of aliphatic carboxylic acids is 1. The summed E-state index contributed by atoms with van der Waals surface area (Å²) in [5.74, 6) is 0.129. The van der Waals surface area contributed by atoms with Crippen LogP contribution in [0.1, 0.15) is 24.5 Å². The van der Waals surface area contributed by atoms with Crippen LogP contribution >= 0.6 is 0 Å². The lowest BCUT2D eigenvalue weighted by Crippen LogP contribution is -2.18. The number of rotatable bonds is 8. The second kappa shape index (κ2) is 8.22. The van der Waals surface area contributed by atoms with Gasteiger partial charge in [-0.3, -0.25) is 4.79 Å². The van der Waals surface area contributed by atoms with Gasteiger partial charge in [0.25, 0.3) is 0 Å². The molecule has 0 aromatic heterocycles. The monoisotopic (exact) mass is 313 g/mol. The van der Waals surface area contributed by atoms with Crippen molar-refractivity contribution < 1.29 is 14.6 Å². The third-order valence-electron chi connectivity index (χ3n) is 3.69. The summed E-state index contributed by atoms with van der Waals surface area (Å²) in [7, 11) is 1.68. The van der Waals surface area contributed by atoms with Crippen LogP contribution in [0.4, 0.5) is 5.69 Å². The van der Waals surface area contributed by atoms with Gasteiger partial charge in [-0.1, -0.05) is 30.3 Å². The number of hydrogen-bond donors (Lipinski definition) is 2. The largest absolute Gasteiger partial charge is 0.496 e. The third-order valence-corrected chi connectivity index (χ3v) is 3.69. The van der Waals surface area contributed by atoms with E-state index in [0.717, 1.165) is 29.0 Å². The summed E-state index contributed by atoms with van der Waals surface area (Å²) in [6.07, 6.45) is 1.55. The lowest BCUT2D eigenvalue weighted by atomic mass is 10.0. The van der Waals surface area contributed by atoms with E-state index in [-0.39, 0.29) is 12.5 Å². The van der Waals surface area contributed by atoms with E-state index in [0.29, 0.717) is 6.42 Å². The van der Waals surface area contributed by atoms with Gasteiger partial charge in [0, 0.05) is 18.2 Å². The molecule has 23 heavy (non-hydrogen) atoms. The van der Waals surface area contributed by atoms with Gasteiger partial charge >= 0.3 is 5.97 Å². The molecule has 4 heteroatoms. The average Bonchev–Trinajstić information content (AvgIpc) is 2.53. The molecule has 1 atom stereocenters. The topological polar surface area (TPSA) is 58.6 Å². The van der Waals surface area contributed by atoms with E-state index in [1.807, 2.05) is 42.5 Å². The first-order valence-corrected chi connectivity index (χ1v) is 7.77. The van der Waals surface area contributed by atoms with Crippen molar-refractivity contribution in [2.45, 2.75) is 32.2 Å². The highest BCUT2D eigenvalue weighted by Gasteiger charge is 2.08. The maximum Gasteiger partial charge on any atom is 0.303 e. The molecule has 2 N–H and O–H groups in total. The SMILES string of the molecule is COc1ccccc1CC(C)Nc1cccc(CCC(=O)O)c1. The maximum absolute atomic E-state index is 10.7. The first-order valence-electron chi connectivity index (χ1n) is 7.77. The van der Waals surface area contributed by atoms with Gasteiger partial charge in [0.05, 0.1) is 7.11 Å². The first-order chi connectivity index (χ1) is 11.1. The Morgan fingerprint density at radius 3 is 2.74 bits per heavy atom. The van der Waals surface area contributed by atoms with Crippen molar-refractivity contribution in [2.75, 3.05) is 12.4 Å². The minimum absolute atomic E-state index is 0.153. The summed E-state index contributed by atoms with van der Waals surface area (Å²) in [6, 6.07) is 16.2. The number of hydrogen-bond acceptors (Lipinski definition) is 3. The van der Waals surface area contributed by atoms with Gasteiger partial charge < -0.3 is 15.2 Å². The van der Waals surface area contributed by atoms with Crippen LogP contribution in [-0.4, -0.2) is 24.2 Å².